The Balaban J connectivity index is 1.49. The van der Waals surface area contributed by atoms with Crippen molar-refractivity contribution in [3.8, 4) is 16.9 Å². The highest BCUT2D eigenvalue weighted by Gasteiger charge is 2.33. The maximum Gasteiger partial charge on any atom is 0.408 e. The van der Waals surface area contributed by atoms with Crippen molar-refractivity contribution in [1.82, 2.24) is 15.5 Å². The van der Waals surface area contributed by atoms with Crippen LogP contribution in [0.2, 0.25) is 0 Å². The number of hydrogen-bond donors (Lipinski definition) is 4. The van der Waals surface area contributed by atoms with Gasteiger partial charge in [0.15, 0.2) is 0 Å². The first-order valence-corrected chi connectivity index (χ1v) is 11.1. The smallest absolute Gasteiger partial charge is 0.408 e. The number of benzene rings is 1. The predicted molar refractivity (Wildman–Crippen MR) is 117 cm³/mol. The number of nitrogens with one attached hydrogen (secondary N) is 3. The summed E-state index contributed by atoms with van der Waals surface area (Å²) in [5.41, 5.74) is 3.63. The number of aromatic nitrogens is 2. The number of nitrogens with zero attached hydrogens (tertiary/aromatic N) is 1. The molecule has 2 amide bonds. The molecule has 1 aromatic heterocycles. The van der Waals surface area contributed by atoms with E-state index in [1.165, 1.54) is 6.07 Å². The van der Waals surface area contributed by atoms with Gasteiger partial charge in [-0.3, -0.25) is 9.89 Å². The van der Waals surface area contributed by atoms with Crippen LogP contribution in [0.5, 0.6) is 5.75 Å². The molecule has 31 heavy (non-hydrogen) atoms. The minimum Gasteiger partial charge on any atom is -0.507 e. The van der Waals surface area contributed by atoms with Crippen LogP contribution in [0.25, 0.3) is 11.1 Å². The number of aryl methyl sites for hydroxylation is 2. The van der Waals surface area contributed by atoms with E-state index >= 15 is 0 Å². The first-order valence-electron chi connectivity index (χ1n) is 11.1. The van der Waals surface area contributed by atoms with Crippen LogP contribution >= 0.6 is 0 Å². The normalized spacial score (nSPS) is 17.7. The van der Waals surface area contributed by atoms with Gasteiger partial charge >= 0.3 is 6.09 Å². The fraction of sp³-hybridized carbons (Fsp3) is 0.522. The van der Waals surface area contributed by atoms with Gasteiger partial charge in [0.05, 0.1) is 5.69 Å². The van der Waals surface area contributed by atoms with E-state index in [2.05, 4.69) is 20.8 Å². The first kappa shape index (κ1) is 21.2. The van der Waals surface area contributed by atoms with Crippen LogP contribution in [0.4, 0.5) is 10.5 Å². The summed E-state index contributed by atoms with van der Waals surface area (Å²) in [5.74, 6) is -0.159. The first-order chi connectivity index (χ1) is 14.9. The quantitative estimate of drug-likeness (QED) is 0.553. The lowest BCUT2D eigenvalue weighted by atomic mass is 9.83. The van der Waals surface area contributed by atoms with Gasteiger partial charge in [0.25, 0.3) is 0 Å². The minimum atomic E-state index is -0.660. The number of ether oxygens (including phenoxy) is 1. The molecule has 166 valence electrons. The molecule has 2 aliphatic carbocycles. The van der Waals surface area contributed by atoms with E-state index in [9.17, 15) is 14.7 Å². The summed E-state index contributed by atoms with van der Waals surface area (Å²) in [6.45, 7) is 3.76. The second-order valence-corrected chi connectivity index (χ2v) is 8.65. The Labute approximate surface area is 181 Å². The van der Waals surface area contributed by atoms with Crippen LogP contribution in [0.15, 0.2) is 18.2 Å². The lowest BCUT2D eigenvalue weighted by Gasteiger charge is -2.29. The summed E-state index contributed by atoms with van der Waals surface area (Å²) in [6.07, 6.45) is 6.26. The zero-order valence-electron chi connectivity index (χ0n) is 18.0. The maximum atomic E-state index is 13.1. The largest absolute Gasteiger partial charge is 0.507 e. The standard InChI is InChI=1S/C23H30N4O4/c1-13-20(14(2)27-26-13)18-11-8-16(12-19(18)28)24-22(29)21(15-6-4-3-5-7-15)25-23(30)31-17-9-10-17/h8,11-12,15,17,21,28H,3-7,9-10H2,1-2H3,(H,24,29)(H,25,30)(H,26,27). The number of anilines is 1. The Morgan fingerprint density at radius 3 is 2.52 bits per heavy atom. The van der Waals surface area contributed by atoms with Crippen LogP contribution in [-0.4, -0.2) is 39.5 Å². The average Bonchev–Trinajstić information content (AvgIpc) is 3.50. The SMILES string of the molecule is Cc1n[nH]c(C)c1-c1ccc(NC(=O)C(NC(=O)OC2CC2)C2CCCCC2)cc1O. The van der Waals surface area contributed by atoms with Crippen LogP contribution in [-0.2, 0) is 9.53 Å². The zero-order valence-corrected chi connectivity index (χ0v) is 18.0. The minimum absolute atomic E-state index is 0.0191. The van der Waals surface area contributed by atoms with Gasteiger partial charge in [0, 0.05) is 28.6 Å². The van der Waals surface area contributed by atoms with Gasteiger partial charge in [-0.15, -0.1) is 0 Å². The third kappa shape index (κ3) is 5.00. The van der Waals surface area contributed by atoms with Crippen molar-refractivity contribution in [3.05, 3.63) is 29.6 Å². The van der Waals surface area contributed by atoms with Gasteiger partial charge < -0.3 is 20.5 Å². The lowest BCUT2D eigenvalue weighted by molar-refractivity contribution is -0.119. The van der Waals surface area contributed by atoms with Crippen molar-refractivity contribution in [2.75, 3.05) is 5.32 Å². The molecule has 2 aromatic rings. The molecule has 1 heterocycles. The number of aromatic amines is 1. The van der Waals surface area contributed by atoms with Crippen molar-refractivity contribution in [1.29, 1.82) is 0 Å². The fourth-order valence-electron chi connectivity index (χ4n) is 4.35. The summed E-state index contributed by atoms with van der Waals surface area (Å²) < 4.78 is 5.30. The molecular formula is C23H30N4O4. The molecule has 1 atom stereocenters. The number of phenolic OH excluding ortho intramolecular Hbond substituents is 1. The van der Waals surface area contributed by atoms with E-state index < -0.39 is 12.1 Å². The Morgan fingerprint density at radius 1 is 1.16 bits per heavy atom. The third-order valence-corrected chi connectivity index (χ3v) is 6.14. The molecule has 2 fully saturated rings. The number of aromatic hydroxyl groups is 1. The van der Waals surface area contributed by atoms with Crippen LogP contribution in [0.1, 0.15) is 56.3 Å². The number of alkyl carbamates (subject to hydrolysis) is 1. The molecule has 2 aliphatic rings. The van der Waals surface area contributed by atoms with Crippen LogP contribution in [0, 0.1) is 19.8 Å². The van der Waals surface area contributed by atoms with Crippen molar-refractivity contribution >= 4 is 17.7 Å². The zero-order chi connectivity index (χ0) is 22.0. The molecule has 0 aliphatic heterocycles. The van der Waals surface area contributed by atoms with E-state index in [1.54, 1.807) is 12.1 Å². The van der Waals surface area contributed by atoms with E-state index in [1.807, 2.05) is 13.8 Å². The number of amides is 2. The van der Waals surface area contributed by atoms with Gasteiger partial charge in [0.2, 0.25) is 5.91 Å². The number of H-pyrrole nitrogens is 1. The number of phenols is 1. The monoisotopic (exact) mass is 426 g/mol. The molecule has 1 unspecified atom stereocenters. The van der Waals surface area contributed by atoms with Gasteiger partial charge in [-0.05, 0) is 57.6 Å². The number of carbonyl (C=O) groups is 2. The van der Waals surface area contributed by atoms with E-state index in [4.69, 9.17) is 4.74 Å². The van der Waals surface area contributed by atoms with E-state index in [0.717, 1.165) is 61.9 Å². The Kier molecular flexibility index (Phi) is 6.15. The van der Waals surface area contributed by atoms with Crippen molar-refractivity contribution < 1.29 is 19.4 Å². The van der Waals surface area contributed by atoms with Crippen LogP contribution in [0.3, 0.4) is 0 Å². The maximum absolute atomic E-state index is 13.1. The molecule has 0 radical (unpaired) electrons. The summed E-state index contributed by atoms with van der Waals surface area (Å²) >= 11 is 0. The van der Waals surface area contributed by atoms with Gasteiger partial charge in [0.1, 0.15) is 17.9 Å². The Morgan fingerprint density at radius 2 is 1.90 bits per heavy atom. The summed E-state index contributed by atoms with van der Waals surface area (Å²) in [7, 11) is 0. The Hall–Kier alpha value is -3.03. The highest BCUT2D eigenvalue weighted by atomic mass is 16.6. The molecule has 4 rings (SSSR count). The number of rotatable bonds is 6. The van der Waals surface area contributed by atoms with Gasteiger partial charge in [-0.2, -0.15) is 5.10 Å². The van der Waals surface area contributed by atoms with Crippen molar-refractivity contribution in [3.63, 3.8) is 0 Å². The molecule has 0 spiro atoms. The van der Waals surface area contributed by atoms with Crippen molar-refractivity contribution in [2.24, 2.45) is 5.92 Å². The average molecular weight is 427 g/mol. The number of carbonyl (C=O) groups excluding carboxylic acids is 2. The van der Waals surface area contributed by atoms with E-state index in [-0.39, 0.29) is 23.7 Å². The highest BCUT2D eigenvalue weighted by Crippen LogP contribution is 2.35. The summed E-state index contributed by atoms with van der Waals surface area (Å²) in [4.78, 5) is 25.3. The second kappa shape index (κ2) is 8.99. The lowest BCUT2D eigenvalue weighted by Crippen LogP contribution is -2.49. The molecule has 2 saturated carbocycles. The van der Waals surface area contributed by atoms with Crippen molar-refractivity contribution in [2.45, 2.75) is 70.9 Å². The molecule has 0 bridgehead atoms. The number of hydrogen-bond acceptors (Lipinski definition) is 5. The molecule has 8 heteroatoms. The fourth-order valence-corrected chi connectivity index (χ4v) is 4.35. The molecule has 0 saturated heterocycles. The predicted octanol–water partition coefficient (Wildman–Crippen LogP) is 4.18. The van der Waals surface area contributed by atoms with E-state index in [0.29, 0.717) is 11.3 Å². The second-order valence-electron chi connectivity index (χ2n) is 8.65. The highest BCUT2D eigenvalue weighted by molar-refractivity contribution is 5.97. The van der Waals surface area contributed by atoms with Crippen LogP contribution < -0.4 is 10.6 Å². The Bertz CT molecular complexity index is 941. The molecule has 8 nitrogen and oxygen atoms in total. The van der Waals surface area contributed by atoms with Gasteiger partial charge in [-0.1, -0.05) is 19.3 Å². The van der Waals surface area contributed by atoms with Gasteiger partial charge in [-0.25, -0.2) is 4.79 Å². The topological polar surface area (TPSA) is 116 Å². The third-order valence-electron chi connectivity index (χ3n) is 6.14. The summed E-state index contributed by atoms with van der Waals surface area (Å²) in [6, 6.07) is 4.38. The molecule has 1 aromatic carbocycles. The summed E-state index contributed by atoms with van der Waals surface area (Å²) in [5, 5.41) is 23.3. The molecular weight excluding hydrogens is 396 g/mol. The molecule has 4 N–H and O–H groups in total.